The molecule has 0 atom stereocenters. The van der Waals surface area contributed by atoms with Gasteiger partial charge in [-0.1, -0.05) is 24.3 Å². The van der Waals surface area contributed by atoms with Gasteiger partial charge in [-0.2, -0.15) is 13.2 Å². The minimum Gasteiger partial charge on any atom is -0.337 e. The maximum absolute atomic E-state index is 12.8. The van der Waals surface area contributed by atoms with Crippen molar-refractivity contribution in [3.8, 4) is 0 Å². The van der Waals surface area contributed by atoms with Gasteiger partial charge in [0.15, 0.2) is 0 Å². The van der Waals surface area contributed by atoms with Crippen molar-refractivity contribution in [2.45, 2.75) is 12.7 Å². The fraction of sp³-hybridized carbons (Fsp3) is 0.300. The molecule has 4 nitrogen and oxygen atoms in total. The van der Waals surface area contributed by atoms with E-state index < -0.39 is 11.7 Å². The number of alkyl halides is 3. The molecule has 1 fully saturated rings. The molecule has 7 heteroatoms. The molecule has 0 aliphatic carbocycles. The largest absolute Gasteiger partial charge is 0.416 e. The predicted molar refractivity (Wildman–Crippen MR) is 96.6 cm³/mol. The van der Waals surface area contributed by atoms with Crippen LogP contribution in [0.1, 0.15) is 16.8 Å². The Balaban J connectivity index is 1.52. The van der Waals surface area contributed by atoms with Gasteiger partial charge >= 0.3 is 6.18 Å². The first-order valence-electron chi connectivity index (χ1n) is 8.68. The average Bonchev–Trinajstić information content (AvgIpc) is 2.67. The molecule has 2 aromatic rings. The van der Waals surface area contributed by atoms with Gasteiger partial charge in [0.25, 0.3) is 0 Å². The molecule has 1 aliphatic heterocycles. The minimum absolute atomic E-state index is 0.0839. The summed E-state index contributed by atoms with van der Waals surface area (Å²) in [5.41, 5.74) is 0.710. The topological polar surface area (TPSA) is 36.4 Å². The van der Waals surface area contributed by atoms with Gasteiger partial charge < -0.3 is 4.90 Å². The smallest absolute Gasteiger partial charge is 0.337 e. The van der Waals surface area contributed by atoms with E-state index in [2.05, 4.69) is 9.88 Å². The summed E-state index contributed by atoms with van der Waals surface area (Å²) in [6.07, 6.45) is 0.514. The normalized spacial score (nSPS) is 16.0. The number of aromatic nitrogens is 1. The second kappa shape index (κ2) is 8.35. The van der Waals surface area contributed by atoms with E-state index in [9.17, 15) is 18.0 Å². The molecule has 0 N–H and O–H groups in total. The summed E-state index contributed by atoms with van der Waals surface area (Å²) < 4.78 is 38.4. The van der Waals surface area contributed by atoms with Crippen molar-refractivity contribution in [2.75, 3.05) is 26.2 Å². The monoisotopic (exact) mass is 375 g/mol. The molecule has 27 heavy (non-hydrogen) atoms. The Morgan fingerprint density at radius 3 is 2.52 bits per heavy atom. The molecule has 1 saturated heterocycles. The fourth-order valence-corrected chi connectivity index (χ4v) is 2.97. The fourth-order valence-electron chi connectivity index (χ4n) is 2.97. The van der Waals surface area contributed by atoms with Crippen LogP contribution >= 0.6 is 0 Å². The van der Waals surface area contributed by atoms with Crippen molar-refractivity contribution in [3.05, 3.63) is 71.6 Å². The lowest BCUT2D eigenvalue weighted by molar-refractivity contribution is -0.137. The molecule has 3 rings (SSSR count). The van der Waals surface area contributed by atoms with Crippen molar-refractivity contribution in [1.82, 2.24) is 14.8 Å². The van der Waals surface area contributed by atoms with E-state index in [-0.39, 0.29) is 5.91 Å². The Morgan fingerprint density at radius 2 is 1.85 bits per heavy atom. The average molecular weight is 375 g/mol. The lowest BCUT2D eigenvalue weighted by atomic mass is 10.1. The maximum Gasteiger partial charge on any atom is 0.416 e. The van der Waals surface area contributed by atoms with Crippen LogP contribution in [-0.4, -0.2) is 46.9 Å². The lowest BCUT2D eigenvalue weighted by Gasteiger charge is -2.34. The van der Waals surface area contributed by atoms with E-state index in [4.69, 9.17) is 0 Å². The Hall–Kier alpha value is -2.67. The predicted octanol–water partition coefficient (Wildman–Crippen LogP) is 3.46. The summed E-state index contributed by atoms with van der Waals surface area (Å²) in [7, 11) is 0. The molecule has 0 unspecified atom stereocenters. The summed E-state index contributed by atoms with van der Waals surface area (Å²) in [5.74, 6) is -0.0839. The van der Waals surface area contributed by atoms with Gasteiger partial charge in [-0.25, -0.2) is 0 Å². The van der Waals surface area contributed by atoms with Gasteiger partial charge in [0.2, 0.25) is 5.91 Å². The molecule has 0 spiro atoms. The second-order valence-corrected chi connectivity index (χ2v) is 6.39. The molecule has 1 aromatic carbocycles. The summed E-state index contributed by atoms with van der Waals surface area (Å²) in [5, 5.41) is 0. The highest BCUT2D eigenvalue weighted by Crippen LogP contribution is 2.29. The zero-order valence-electron chi connectivity index (χ0n) is 14.7. The molecule has 1 amide bonds. The minimum atomic E-state index is -4.33. The summed E-state index contributed by atoms with van der Waals surface area (Å²) in [6, 6.07) is 10.9. The Morgan fingerprint density at radius 1 is 1.07 bits per heavy atom. The first-order valence-corrected chi connectivity index (χ1v) is 8.68. The lowest BCUT2D eigenvalue weighted by Crippen LogP contribution is -2.47. The number of rotatable bonds is 4. The number of pyridine rings is 1. The van der Waals surface area contributed by atoms with Crippen molar-refractivity contribution >= 4 is 12.0 Å². The molecular formula is C20H20F3N3O. The number of amides is 1. The number of hydrogen-bond acceptors (Lipinski definition) is 3. The van der Waals surface area contributed by atoms with Gasteiger partial charge in [0.1, 0.15) is 0 Å². The first kappa shape index (κ1) is 19.1. The van der Waals surface area contributed by atoms with Crippen LogP contribution in [0.3, 0.4) is 0 Å². The van der Waals surface area contributed by atoms with E-state index in [1.54, 1.807) is 23.2 Å². The van der Waals surface area contributed by atoms with E-state index in [1.807, 2.05) is 18.2 Å². The zero-order chi connectivity index (χ0) is 19.3. The van der Waals surface area contributed by atoms with Gasteiger partial charge in [0.05, 0.1) is 11.3 Å². The number of nitrogens with zero attached hydrogens (tertiary/aromatic N) is 3. The third-order valence-electron chi connectivity index (χ3n) is 4.43. The molecule has 0 bridgehead atoms. The number of halogens is 3. The second-order valence-electron chi connectivity index (χ2n) is 6.39. The SMILES string of the molecule is O=C(/C=C/c1ccccn1)N1CCN(Cc2cccc(C(F)(F)F)c2)CC1. The highest BCUT2D eigenvalue weighted by atomic mass is 19.4. The molecular weight excluding hydrogens is 355 g/mol. The van der Waals surface area contributed by atoms with Crippen LogP contribution in [0.2, 0.25) is 0 Å². The summed E-state index contributed by atoms with van der Waals surface area (Å²) in [4.78, 5) is 20.2. The van der Waals surface area contributed by atoms with Crippen molar-refractivity contribution in [3.63, 3.8) is 0 Å². The van der Waals surface area contributed by atoms with E-state index in [0.29, 0.717) is 44.0 Å². The van der Waals surface area contributed by atoms with E-state index in [0.717, 1.165) is 6.07 Å². The number of hydrogen-bond donors (Lipinski definition) is 0. The third kappa shape index (κ3) is 5.40. The molecule has 142 valence electrons. The number of piperazine rings is 1. The number of carbonyl (C=O) groups is 1. The first-order chi connectivity index (χ1) is 12.9. The molecule has 0 saturated carbocycles. The van der Waals surface area contributed by atoms with Crippen LogP contribution in [0, 0.1) is 0 Å². The molecule has 1 aromatic heterocycles. The van der Waals surface area contributed by atoms with Crippen molar-refractivity contribution in [2.24, 2.45) is 0 Å². The van der Waals surface area contributed by atoms with Crippen LogP contribution < -0.4 is 0 Å². The van der Waals surface area contributed by atoms with Crippen molar-refractivity contribution in [1.29, 1.82) is 0 Å². The van der Waals surface area contributed by atoms with Gasteiger partial charge in [-0.15, -0.1) is 0 Å². The zero-order valence-corrected chi connectivity index (χ0v) is 14.7. The van der Waals surface area contributed by atoms with Crippen LogP contribution in [0.5, 0.6) is 0 Å². The van der Waals surface area contributed by atoms with Gasteiger partial charge in [-0.05, 0) is 29.8 Å². The summed E-state index contributed by atoms with van der Waals surface area (Å²) in [6.45, 7) is 2.78. The molecule has 2 heterocycles. The van der Waals surface area contributed by atoms with Crippen LogP contribution in [0.4, 0.5) is 13.2 Å². The molecule has 1 aliphatic rings. The third-order valence-corrected chi connectivity index (χ3v) is 4.43. The Labute approximate surface area is 155 Å². The van der Waals surface area contributed by atoms with Crippen molar-refractivity contribution < 1.29 is 18.0 Å². The Bertz CT molecular complexity index is 798. The van der Waals surface area contributed by atoms with Crippen LogP contribution in [0.15, 0.2) is 54.7 Å². The standard InChI is InChI=1S/C20H20F3N3O/c21-20(22,23)17-5-3-4-16(14-17)15-25-10-12-26(13-11-25)19(27)8-7-18-6-1-2-9-24-18/h1-9,14H,10-13,15H2/b8-7+. The molecule has 0 radical (unpaired) electrons. The van der Waals surface area contributed by atoms with Crippen LogP contribution in [0.25, 0.3) is 6.08 Å². The van der Waals surface area contributed by atoms with E-state index >= 15 is 0 Å². The number of carbonyl (C=O) groups excluding carboxylic acids is 1. The summed E-state index contributed by atoms with van der Waals surface area (Å²) >= 11 is 0. The highest BCUT2D eigenvalue weighted by Gasteiger charge is 2.30. The van der Waals surface area contributed by atoms with Gasteiger partial charge in [-0.3, -0.25) is 14.7 Å². The van der Waals surface area contributed by atoms with Gasteiger partial charge in [0, 0.05) is 45.0 Å². The van der Waals surface area contributed by atoms with E-state index in [1.165, 1.54) is 18.2 Å². The Kier molecular flexibility index (Phi) is 5.91. The maximum atomic E-state index is 12.8. The highest BCUT2D eigenvalue weighted by molar-refractivity contribution is 5.91. The quantitative estimate of drug-likeness (QED) is 0.768. The van der Waals surface area contributed by atoms with Crippen LogP contribution in [-0.2, 0) is 17.5 Å². The number of benzene rings is 1.